The number of carboxylic acids is 1. The van der Waals surface area contributed by atoms with Crippen LogP contribution in [0.15, 0.2) is 71.4 Å². The summed E-state index contributed by atoms with van der Waals surface area (Å²) in [5, 5.41) is 14.3. The first kappa shape index (κ1) is 29.1. The van der Waals surface area contributed by atoms with Gasteiger partial charge >= 0.3 is 11.9 Å². The van der Waals surface area contributed by atoms with E-state index in [1.165, 1.54) is 55.6 Å². The van der Waals surface area contributed by atoms with Gasteiger partial charge in [0.05, 0.1) is 35.7 Å². The molecule has 210 valence electrons. The maximum atomic E-state index is 13.1. The fourth-order valence-electron chi connectivity index (χ4n) is 3.87. The molecule has 0 atom stereocenters. The molecule has 1 aliphatic rings. The standard InChI is InChI=1S/C28H21Cl2N3O8/c1-3-41-28(39)14-7-9-17(10-8-14)33-25(35)22(30)23(26(33)36)31-16-6-4-5-15(11-16)24(34)32-20-13-21(40-2)18(27(37)38)12-19(20)29/h4-13,31H,3H2,1-2H3,(H,32,34)(H,37,38). The Kier molecular flexibility index (Phi) is 8.60. The van der Waals surface area contributed by atoms with Crippen LogP contribution in [0, 0.1) is 0 Å². The molecule has 3 N–H and O–H groups in total. The average Bonchev–Trinajstić information content (AvgIpc) is 3.16. The van der Waals surface area contributed by atoms with Crippen LogP contribution in [-0.4, -0.2) is 48.5 Å². The third kappa shape index (κ3) is 6.01. The number of carbonyl (C=O) groups is 5. The van der Waals surface area contributed by atoms with Crippen LogP contribution in [0.25, 0.3) is 0 Å². The summed E-state index contributed by atoms with van der Waals surface area (Å²) >= 11 is 12.4. The second-order valence-electron chi connectivity index (χ2n) is 8.40. The fraction of sp³-hybridized carbons (Fsp3) is 0.107. The van der Waals surface area contributed by atoms with Gasteiger partial charge in [-0.05, 0) is 55.5 Å². The van der Waals surface area contributed by atoms with Gasteiger partial charge in [0.2, 0.25) is 0 Å². The van der Waals surface area contributed by atoms with Crippen molar-refractivity contribution in [1.29, 1.82) is 0 Å². The number of hydrogen-bond acceptors (Lipinski definition) is 8. The zero-order valence-corrected chi connectivity index (χ0v) is 23.0. The van der Waals surface area contributed by atoms with Crippen molar-refractivity contribution in [1.82, 2.24) is 0 Å². The highest BCUT2D eigenvalue weighted by Gasteiger charge is 2.39. The van der Waals surface area contributed by atoms with Crippen LogP contribution in [0.3, 0.4) is 0 Å². The van der Waals surface area contributed by atoms with Crippen molar-refractivity contribution < 1.29 is 38.6 Å². The second-order valence-corrected chi connectivity index (χ2v) is 9.18. The molecule has 0 spiro atoms. The molecular formula is C28H21Cl2N3O8. The van der Waals surface area contributed by atoms with E-state index in [9.17, 15) is 29.1 Å². The van der Waals surface area contributed by atoms with Gasteiger partial charge in [0.25, 0.3) is 17.7 Å². The molecular weight excluding hydrogens is 577 g/mol. The fourth-order valence-corrected chi connectivity index (χ4v) is 4.29. The minimum Gasteiger partial charge on any atom is -0.496 e. The molecule has 3 aromatic carbocycles. The molecule has 1 aliphatic heterocycles. The molecule has 41 heavy (non-hydrogen) atoms. The molecule has 13 heteroatoms. The van der Waals surface area contributed by atoms with Gasteiger partial charge in [0.1, 0.15) is 22.0 Å². The number of ether oxygens (including phenoxy) is 2. The molecule has 0 aliphatic carbocycles. The molecule has 11 nitrogen and oxygen atoms in total. The van der Waals surface area contributed by atoms with Crippen LogP contribution in [0.4, 0.5) is 17.1 Å². The maximum Gasteiger partial charge on any atom is 0.339 e. The number of halogens is 2. The Morgan fingerprint density at radius 1 is 0.951 bits per heavy atom. The Labute approximate surface area is 243 Å². The van der Waals surface area contributed by atoms with Crippen LogP contribution in [0.2, 0.25) is 5.02 Å². The van der Waals surface area contributed by atoms with E-state index in [1.807, 2.05) is 0 Å². The first-order valence-corrected chi connectivity index (χ1v) is 12.7. The van der Waals surface area contributed by atoms with E-state index in [1.54, 1.807) is 13.0 Å². The minimum atomic E-state index is -1.25. The highest BCUT2D eigenvalue weighted by molar-refractivity contribution is 6.53. The monoisotopic (exact) mass is 597 g/mol. The number of aromatic carboxylic acids is 1. The van der Waals surface area contributed by atoms with Crippen molar-refractivity contribution in [2.45, 2.75) is 6.92 Å². The van der Waals surface area contributed by atoms with Gasteiger partial charge in [0.15, 0.2) is 0 Å². The molecule has 4 rings (SSSR count). The zero-order valence-electron chi connectivity index (χ0n) is 21.5. The lowest BCUT2D eigenvalue weighted by molar-refractivity contribution is -0.120. The lowest BCUT2D eigenvalue weighted by Gasteiger charge is -2.16. The minimum absolute atomic E-state index is 0.00121. The molecule has 3 aromatic rings. The van der Waals surface area contributed by atoms with Gasteiger partial charge in [-0.2, -0.15) is 0 Å². The second kappa shape index (κ2) is 12.1. The van der Waals surface area contributed by atoms with Crippen molar-refractivity contribution >= 4 is 69.9 Å². The normalized spacial score (nSPS) is 12.8. The molecule has 0 saturated carbocycles. The van der Waals surface area contributed by atoms with Crippen molar-refractivity contribution in [3.8, 4) is 5.75 Å². The van der Waals surface area contributed by atoms with Gasteiger partial charge in [-0.1, -0.05) is 29.3 Å². The number of nitrogens with zero attached hydrogens (tertiary/aromatic N) is 1. The number of benzene rings is 3. The Morgan fingerprint density at radius 2 is 1.66 bits per heavy atom. The largest absolute Gasteiger partial charge is 0.496 e. The summed E-state index contributed by atoms with van der Waals surface area (Å²) in [4.78, 5) is 63.1. The van der Waals surface area contributed by atoms with Crippen LogP contribution in [0.5, 0.6) is 5.75 Å². The smallest absolute Gasteiger partial charge is 0.339 e. The first-order valence-electron chi connectivity index (χ1n) is 11.9. The number of methoxy groups -OCH3 is 1. The van der Waals surface area contributed by atoms with E-state index < -0.39 is 29.7 Å². The third-order valence-corrected chi connectivity index (χ3v) is 6.49. The Balaban J connectivity index is 1.52. The van der Waals surface area contributed by atoms with Crippen molar-refractivity contribution in [2.24, 2.45) is 0 Å². The van der Waals surface area contributed by atoms with Gasteiger partial charge in [-0.25, -0.2) is 14.5 Å². The van der Waals surface area contributed by atoms with Gasteiger partial charge in [-0.15, -0.1) is 0 Å². The zero-order chi connectivity index (χ0) is 29.8. The summed E-state index contributed by atoms with van der Waals surface area (Å²) in [6.07, 6.45) is 0. The van der Waals surface area contributed by atoms with Gasteiger partial charge in [0, 0.05) is 17.3 Å². The molecule has 1 heterocycles. The topological polar surface area (TPSA) is 151 Å². The van der Waals surface area contributed by atoms with Crippen molar-refractivity contribution in [2.75, 3.05) is 29.3 Å². The third-order valence-electron chi connectivity index (χ3n) is 5.83. The predicted molar refractivity (Wildman–Crippen MR) is 151 cm³/mol. The van der Waals surface area contributed by atoms with E-state index in [0.29, 0.717) is 0 Å². The van der Waals surface area contributed by atoms with Gasteiger partial charge in [-0.3, -0.25) is 14.4 Å². The highest BCUT2D eigenvalue weighted by Crippen LogP contribution is 2.33. The number of carbonyl (C=O) groups excluding carboxylic acids is 4. The molecule has 0 saturated heterocycles. The SMILES string of the molecule is CCOC(=O)c1ccc(N2C(=O)C(Cl)=C(Nc3cccc(C(=O)Nc4cc(OC)c(C(=O)O)cc4Cl)c3)C2=O)cc1. The Morgan fingerprint density at radius 3 is 2.29 bits per heavy atom. The average molecular weight is 598 g/mol. The maximum absolute atomic E-state index is 13.1. The molecule has 0 unspecified atom stereocenters. The molecule has 0 fully saturated rings. The van der Waals surface area contributed by atoms with E-state index in [-0.39, 0.29) is 61.9 Å². The number of esters is 1. The highest BCUT2D eigenvalue weighted by atomic mass is 35.5. The summed E-state index contributed by atoms with van der Waals surface area (Å²) in [7, 11) is 1.28. The Bertz CT molecular complexity index is 1620. The Hall–Kier alpha value is -4.87. The summed E-state index contributed by atoms with van der Waals surface area (Å²) < 4.78 is 10.0. The first-order chi connectivity index (χ1) is 19.5. The number of hydrogen-bond donors (Lipinski definition) is 3. The molecule has 0 radical (unpaired) electrons. The van der Waals surface area contributed by atoms with Crippen molar-refractivity contribution in [3.63, 3.8) is 0 Å². The van der Waals surface area contributed by atoms with E-state index in [0.717, 1.165) is 11.0 Å². The van der Waals surface area contributed by atoms with Crippen molar-refractivity contribution in [3.05, 3.63) is 93.1 Å². The lowest BCUT2D eigenvalue weighted by Crippen LogP contribution is -2.32. The number of rotatable bonds is 9. The summed E-state index contributed by atoms with van der Waals surface area (Å²) in [6, 6.07) is 14.1. The molecule has 0 aromatic heterocycles. The van der Waals surface area contributed by atoms with Crippen LogP contribution >= 0.6 is 23.2 Å². The van der Waals surface area contributed by atoms with E-state index in [4.69, 9.17) is 32.7 Å². The quantitative estimate of drug-likeness (QED) is 0.231. The summed E-state index contributed by atoms with van der Waals surface area (Å²) in [5.74, 6) is -3.90. The number of carboxylic acid groups (broad SMARTS) is 1. The molecule has 0 bridgehead atoms. The number of imide groups is 1. The lowest BCUT2D eigenvalue weighted by atomic mass is 10.1. The predicted octanol–water partition coefficient (Wildman–Crippen LogP) is 4.91. The number of amides is 3. The number of anilines is 3. The van der Waals surface area contributed by atoms with Gasteiger partial charge < -0.3 is 25.2 Å². The summed E-state index contributed by atoms with van der Waals surface area (Å²) in [5.41, 5.74) is 0.594. The number of nitrogens with one attached hydrogen (secondary N) is 2. The van der Waals surface area contributed by atoms with Crippen LogP contribution in [-0.2, 0) is 14.3 Å². The van der Waals surface area contributed by atoms with E-state index in [2.05, 4.69) is 10.6 Å². The van der Waals surface area contributed by atoms with Crippen LogP contribution in [0.1, 0.15) is 38.0 Å². The summed E-state index contributed by atoms with van der Waals surface area (Å²) in [6.45, 7) is 1.87. The molecule has 3 amide bonds. The van der Waals surface area contributed by atoms with E-state index >= 15 is 0 Å². The van der Waals surface area contributed by atoms with Crippen LogP contribution < -0.4 is 20.3 Å².